The van der Waals surface area contributed by atoms with E-state index in [1.165, 1.54) is 23.5 Å². The van der Waals surface area contributed by atoms with E-state index in [1.54, 1.807) is 29.2 Å². The summed E-state index contributed by atoms with van der Waals surface area (Å²) in [7, 11) is 0. The number of rotatable bonds is 8. The molecular weight excluding hydrogens is 399 g/mol. The van der Waals surface area contributed by atoms with Gasteiger partial charge in [-0.05, 0) is 36.8 Å². The number of carbonyl (C=O) groups is 1. The molecule has 3 rings (SSSR count). The Morgan fingerprint density at radius 3 is 2.82 bits per heavy atom. The fraction of sp³-hybridized carbons (Fsp3) is 0.238. The Labute approximate surface area is 172 Å². The first-order chi connectivity index (χ1) is 13.6. The van der Waals surface area contributed by atoms with E-state index in [1.807, 2.05) is 24.4 Å². The zero-order valence-corrected chi connectivity index (χ0v) is 17.0. The first-order valence-electron chi connectivity index (χ1n) is 8.92. The molecule has 1 amide bonds. The van der Waals surface area contributed by atoms with Crippen molar-refractivity contribution in [2.24, 2.45) is 0 Å². The van der Waals surface area contributed by atoms with Crippen LogP contribution in [-0.4, -0.2) is 22.3 Å². The van der Waals surface area contributed by atoms with Crippen LogP contribution in [0.25, 0.3) is 0 Å². The van der Waals surface area contributed by atoms with Crippen LogP contribution in [0, 0.1) is 5.82 Å². The normalized spacial score (nSPS) is 10.7. The number of thiazole rings is 1. The molecule has 0 bridgehead atoms. The summed E-state index contributed by atoms with van der Waals surface area (Å²) in [5.41, 5.74) is 0.837. The summed E-state index contributed by atoms with van der Waals surface area (Å²) >= 11 is 7.41. The number of hydrogen-bond acceptors (Lipinski definition) is 4. The van der Waals surface area contributed by atoms with Gasteiger partial charge in [0, 0.05) is 16.9 Å². The molecular formula is C21H20ClFN2O2S. The van der Waals surface area contributed by atoms with Crippen molar-refractivity contribution in [3.05, 3.63) is 81.0 Å². The minimum Gasteiger partial charge on any atom is -0.486 e. The van der Waals surface area contributed by atoms with E-state index < -0.39 is 5.82 Å². The fourth-order valence-electron chi connectivity index (χ4n) is 2.71. The minimum absolute atomic E-state index is 0.0793. The Kier molecular flexibility index (Phi) is 7.01. The number of ether oxygens (including phenoxy) is 1. The Balaban J connectivity index is 1.65. The number of halogens is 2. The molecule has 0 radical (unpaired) electrons. The molecule has 28 heavy (non-hydrogen) atoms. The molecule has 0 fully saturated rings. The summed E-state index contributed by atoms with van der Waals surface area (Å²) in [5.74, 6) is -0.168. The van der Waals surface area contributed by atoms with Gasteiger partial charge in [0.05, 0.1) is 17.8 Å². The van der Waals surface area contributed by atoms with Crippen LogP contribution in [0.15, 0.2) is 53.9 Å². The van der Waals surface area contributed by atoms with Crippen molar-refractivity contribution in [2.45, 2.75) is 26.5 Å². The zero-order chi connectivity index (χ0) is 19.9. The molecule has 0 aliphatic heterocycles. The molecule has 2 aromatic carbocycles. The lowest BCUT2D eigenvalue weighted by Gasteiger charge is -2.21. The monoisotopic (exact) mass is 418 g/mol. The predicted octanol–water partition coefficient (Wildman–Crippen LogP) is 5.57. The smallest absolute Gasteiger partial charge is 0.257 e. The number of benzene rings is 2. The van der Waals surface area contributed by atoms with Gasteiger partial charge in [-0.2, -0.15) is 0 Å². The maximum absolute atomic E-state index is 14.0. The van der Waals surface area contributed by atoms with Crippen LogP contribution in [0.2, 0.25) is 5.02 Å². The van der Waals surface area contributed by atoms with E-state index in [2.05, 4.69) is 4.98 Å². The highest BCUT2D eigenvalue weighted by molar-refractivity contribution is 7.09. The lowest BCUT2D eigenvalue weighted by atomic mass is 10.1. The Morgan fingerprint density at radius 1 is 1.25 bits per heavy atom. The number of nitrogens with zero attached hydrogens (tertiary/aromatic N) is 2. The van der Waals surface area contributed by atoms with Crippen LogP contribution >= 0.6 is 22.9 Å². The third-order valence-electron chi connectivity index (χ3n) is 4.00. The second-order valence-corrected chi connectivity index (χ2v) is 7.56. The quantitative estimate of drug-likeness (QED) is 0.480. The topological polar surface area (TPSA) is 42.4 Å². The van der Waals surface area contributed by atoms with Crippen LogP contribution in [-0.2, 0) is 13.2 Å². The van der Waals surface area contributed by atoms with Gasteiger partial charge >= 0.3 is 0 Å². The molecule has 0 aliphatic rings. The summed E-state index contributed by atoms with van der Waals surface area (Å²) in [6.45, 7) is 3.15. The maximum Gasteiger partial charge on any atom is 0.257 e. The Morgan fingerprint density at radius 2 is 2.07 bits per heavy atom. The average molecular weight is 419 g/mol. The molecule has 4 nitrogen and oxygen atoms in total. The van der Waals surface area contributed by atoms with Crippen molar-refractivity contribution in [3.63, 3.8) is 0 Å². The first kappa shape index (κ1) is 20.3. The molecule has 0 aliphatic carbocycles. The standard InChI is InChI=1S/C21H20ClFN2O2S/c1-2-10-25(21(26)18-8-3-4-9-19(18)23)12-16-14-28-20(24-16)13-27-17-7-5-6-15(22)11-17/h3-9,11,14H,2,10,12-13H2,1H3. The van der Waals surface area contributed by atoms with Crippen molar-refractivity contribution in [3.8, 4) is 5.75 Å². The van der Waals surface area contributed by atoms with Crippen LogP contribution in [0.4, 0.5) is 4.39 Å². The van der Waals surface area contributed by atoms with E-state index in [4.69, 9.17) is 16.3 Å². The number of hydrogen-bond donors (Lipinski definition) is 0. The second-order valence-electron chi connectivity index (χ2n) is 6.19. The van der Waals surface area contributed by atoms with E-state index >= 15 is 0 Å². The summed E-state index contributed by atoms with van der Waals surface area (Å²) in [5, 5.41) is 3.30. The van der Waals surface area contributed by atoms with Crippen molar-refractivity contribution >= 4 is 28.8 Å². The van der Waals surface area contributed by atoms with Crippen LogP contribution in [0.1, 0.15) is 34.4 Å². The molecule has 0 unspecified atom stereocenters. The highest BCUT2D eigenvalue weighted by Crippen LogP contribution is 2.20. The van der Waals surface area contributed by atoms with E-state index in [9.17, 15) is 9.18 Å². The van der Waals surface area contributed by atoms with Crippen molar-refractivity contribution in [1.29, 1.82) is 0 Å². The predicted molar refractivity (Wildman–Crippen MR) is 109 cm³/mol. The van der Waals surface area contributed by atoms with Crippen LogP contribution < -0.4 is 4.74 Å². The molecule has 0 saturated heterocycles. The van der Waals surface area contributed by atoms with Gasteiger partial charge in [-0.3, -0.25) is 4.79 Å². The maximum atomic E-state index is 14.0. The first-order valence-corrected chi connectivity index (χ1v) is 10.2. The molecule has 3 aromatic rings. The largest absolute Gasteiger partial charge is 0.486 e. The Hall–Kier alpha value is -2.44. The molecule has 1 aromatic heterocycles. The highest BCUT2D eigenvalue weighted by atomic mass is 35.5. The molecule has 7 heteroatoms. The second kappa shape index (κ2) is 9.66. The molecule has 1 heterocycles. The third-order valence-corrected chi connectivity index (χ3v) is 5.10. The fourth-order valence-corrected chi connectivity index (χ4v) is 3.59. The van der Waals surface area contributed by atoms with Gasteiger partial charge in [-0.15, -0.1) is 11.3 Å². The number of amides is 1. The van der Waals surface area contributed by atoms with Gasteiger partial charge in [0.25, 0.3) is 5.91 Å². The van der Waals surface area contributed by atoms with Crippen molar-refractivity contribution in [1.82, 2.24) is 9.88 Å². The average Bonchev–Trinajstić information content (AvgIpc) is 3.13. The van der Waals surface area contributed by atoms with Crippen LogP contribution in [0.5, 0.6) is 5.75 Å². The summed E-state index contributed by atoms with van der Waals surface area (Å²) in [6, 6.07) is 13.2. The molecule has 0 atom stereocenters. The van der Waals surface area contributed by atoms with Crippen LogP contribution in [0.3, 0.4) is 0 Å². The number of aromatic nitrogens is 1. The van der Waals surface area contributed by atoms with Gasteiger partial charge < -0.3 is 9.64 Å². The van der Waals surface area contributed by atoms with Crippen molar-refractivity contribution < 1.29 is 13.9 Å². The summed E-state index contributed by atoms with van der Waals surface area (Å²) < 4.78 is 19.7. The molecule has 0 spiro atoms. The third kappa shape index (κ3) is 5.30. The van der Waals surface area contributed by atoms with Gasteiger partial charge in [0.15, 0.2) is 0 Å². The van der Waals surface area contributed by atoms with Gasteiger partial charge in [-0.25, -0.2) is 9.37 Å². The summed E-state index contributed by atoms with van der Waals surface area (Å²) in [4.78, 5) is 18.9. The van der Waals surface area contributed by atoms with E-state index in [0.29, 0.717) is 30.5 Å². The van der Waals surface area contributed by atoms with Gasteiger partial charge in [0.1, 0.15) is 23.2 Å². The van der Waals surface area contributed by atoms with E-state index in [0.717, 1.165) is 17.1 Å². The minimum atomic E-state index is -0.512. The van der Waals surface area contributed by atoms with Gasteiger partial charge in [-0.1, -0.05) is 36.7 Å². The summed E-state index contributed by atoms with van der Waals surface area (Å²) in [6.07, 6.45) is 0.773. The lowest BCUT2D eigenvalue weighted by Crippen LogP contribution is -2.32. The lowest BCUT2D eigenvalue weighted by molar-refractivity contribution is 0.0736. The molecule has 146 valence electrons. The van der Waals surface area contributed by atoms with Crippen molar-refractivity contribution in [2.75, 3.05) is 6.54 Å². The van der Waals surface area contributed by atoms with Gasteiger partial charge in [0.2, 0.25) is 0 Å². The number of carbonyl (C=O) groups excluding carboxylic acids is 1. The SMILES string of the molecule is CCCN(Cc1csc(COc2cccc(Cl)c2)n1)C(=O)c1ccccc1F. The Bertz CT molecular complexity index is 947. The highest BCUT2D eigenvalue weighted by Gasteiger charge is 2.19. The van der Waals surface area contributed by atoms with E-state index in [-0.39, 0.29) is 11.5 Å². The molecule has 0 N–H and O–H groups in total. The zero-order valence-electron chi connectivity index (χ0n) is 15.4. The molecule has 0 saturated carbocycles.